The molecule has 64 heavy (non-hydrogen) atoms. The molecule has 5 aromatic heterocycles. The van der Waals surface area contributed by atoms with Crippen LogP contribution in [0.2, 0.25) is 0 Å². The molecule has 8 heterocycles. The molecule has 0 spiro atoms. The van der Waals surface area contributed by atoms with Crippen molar-refractivity contribution >= 4 is 17.9 Å². The monoisotopic (exact) mass is 867 g/mol. The predicted molar refractivity (Wildman–Crippen MR) is 240 cm³/mol. The minimum atomic E-state index is -0.789. The molecule has 15 nitrogen and oxygen atoms in total. The van der Waals surface area contributed by atoms with Crippen LogP contribution in [0.3, 0.4) is 0 Å². The fourth-order valence-corrected chi connectivity index (χ4v) is 9.85. The number of carboxylic acid groups (broad SMARTS) is 3. The predicted octanol–water partition coefficient (Wildman–Crippen LogP) is 4.76. The zero-order valence-corrected chi connectivity index (χ0v) is 36.0. The first kappa shape index (κ1) is 44.6. The Kier molecular flexibility index (Phi) is 14.7. The maximum Gasteiger partial charge on any atom is 0.307 e. The van der Waals surface area contributed by atoms with Crippen molar-refractivity contribution in [2.45, 2.75) is 58.2 Å². The molecule has 3 fully saturated rings. The molecule has 3 aliphatic heterocycles. The summed E-state index contributed by atoms with van der Waals surface area (Å²) in [5.74, 6) is -3.65. The molecule has 5 aromatic rings. The van der Waals surface area contributed by atoms with Gasteiger partial charge in [-0.25, -0.2) is 0 Å². The highest BCUT2D eigenvalue weighted by Gasteiger charge is 2.33. The van der Waals surface area contributed by atoms with Gasteiger partial charge >= 0.3 is 17.9 Å². The molecule has 0 aliphatic carbocycles. The maximum atomic E-state index is 12.4. The highest BCUT2D eigenvalue weighted by molar-refractivity contribution is 5.72. The van der Waals surface area contributed by atoms with Gasteiger partial charge in [-0.2, -0.15) is 0 Å². The van der Waals surface area contributed by atoms with E-state index in [1.165, 1.54) is 0 Å². The van der Waals surface area contributed by atoms with Crippen LogP contribution < -0.4 is 16.0 Å². The summed E-state index contributed by atoms with van der Waals surface area (Å²) in [6.07, 6.45) is 21.7. The molecule has 0 aromatic carbocycles. The van der Waals surface area contributed by atoms with E-state index < -0.39 is 35.7 Å². The lowest BCUT2D eigenvalue weighted by Gasteiger charge is -2.24. The number of aromatic nitrogens is 5. The van der Waals surface area contributed by atoms with E-state index in [0.29, 0.717) is 58.5 Å². The van der Waals surface area contributed by atoms with Gasteiger partial charge in [0.05, 0.1) is 17.8 Å². The number of nitrogens with one attached hydrogen (secondary N) is 3. The van der Waals surface area contributed by atoms with Crippen molar-refractivity contribution in [1.82, 2.24) is 45.8 Å². The third-order valence-electron chi connectivity index (χ3n) is 13.2. The van der Waals surface area contributed by atoms with E-state index in [4.69, 9.17) is 0 Å². The molecule has 15 heteroatoms. The quantitative estimate of drug-likeness (QED) is 0.0622. The third kappa shape index (κ3) is 11.6. The minimum absolute atomic E-state index is 0.0652. The van der Waals surface area contributed by atoms with Crippen molar-refractivity contribution < 1.29 is 29.7 Å². The zero-order chi connectivity index (χ0) is 44.4. The Bertz CT molecular complexity index is 2270. The van der Waals surface area contributed by atoms with Gasteiger partial charge < -0.3 is 31.3 Å². The molecule has 3 aliphatic rings. The van der Waals surface area contributed by atoms with Crippen LogP contribution in [0.15, 0.2) is 92.3 Å². The first-order valence-corrected chi connectivity index (χ1v) is 22.4. The average molecular weight is 868 g/mol. The van der Waals surface area contributed by atoms with Crippen molar-refractivity contribution in [3.63, 3.8) is 0 Å². The molecule has 0 radical (unpaired) electrons. The Morgan fingerprint density at radius 3 is 1.05 bits per heavy atom. The van der Waals surface area contributed by atoms with Crippen LogP contribution in [0.5, 0.6) is 0 Å². The van der Waals surface area contributed by atoms with Gasteiger partial charge in [-0.15, -0.1) is 0 Å². The van der Waals surface area contributed by atoms with Crippen molar-refractivity contribution in [3.8, 4) is 22.3 Å². The van der Waals surface area contributed by atoms with Crippen LogP contribution >= 0.6 is 0 Å². The minimum Gasteiger partial charge on any atom is -0.481 e. The van der Waals surface area contributed by atoms with Crippen LogP contribution in [-0.2, 0) is 53.3 Å². The van der Waals surface area contributed by atoms with Gasteiger partial charge in [-0.05, 0) is 153 Å². The zero-order valence-electron chi connectivity index (χ0n) is 36.0. The second-order valence-electron chi connectivity index (χ2n) is 17.9. The molecular formula is C49H57N9O6. The number of carbonyl (C=O) groups is 3. The van der Waals surface area contributed by atoms with E-state index in [1.807, 2.05) is 30.7 Å². The lowest BCUT2D eigenvalue weighted by atomic mass is 9.86. The summed E-state index contributed by atoms with van der Waals surface area (Å²) in [6, 6.07) is 10.3. The van der Waals surface area contributed by atoms with Crippen LogP contribution in [0.4, 0.5) is 0 Å². The van der Waals surface area contributed by atoms with E-state index in [1.54, 1.807) is 43.4 Å². The van der Waals surface area contributed by atoms with E-state index >= 15 is 0 Å². The fourth-order valence-electron chi connectivity index (χ4n) is 9.85. The van der Waals surface area contributed by atoms with E-state index in [9.17, 15) is 29.7 Å². The first-order valence-electron chi connectivity index (χ1n) is 22.4. The number of carboxylic acids is 3. The van der Waals surface area contributed by atoms with Crippen molar-refractivity contribution in [2.75, 3.05) is 39.3 Å². The molecular weight excluding hydrogens is 811 g/mol. The summed E-state index contributed by atoms with van der Waals surface area (Å²) in [6.45, 7) is 6.10. The summed E-state index contributed by atoms with van der Waals surface area (Å²) >= 11 is 0. The number of nitrogens with zero attached hydrogens (tertiary/aromatic N) is 6. The Morgan fingerprint density at radius 2 is 0.734 bits per heavy atom. The summed E-state index contributed by atoms with van der Waals surface area (Å²) in [4.78, 5) is 62.1. The molecule has 0 amide bonds. The second kappa shape index (κ2) is 21.1. The van der Waals surface area contributed by atoms with Gasteiger partial charge in [-0.1, -0.05) is 6.07 Å². The fraction of sp³-hybridized carbons (Fsp3) is 0.429. The number of aliphatic carboxylic acids is 3. The van der Waals surface area contributed by atoms with Crippen LogP contribution in [0.1, 0.15) is 52.6 Å². The first-order chi connectivity index (χ1) is 31.1. The van der Waals surface area contributed by atoms with Gasteiger partial charge in [0.1, 0.15) is 0 Å². The third-order valence-corrected chi connectivity index (χ3v) is 13.2. The lowest BCUT2D eigenvalue weighted by Crippen LogP contribution is -2.27. The Balaban J connectivity index is 1.04. The van der Waals surface area contributed by atoms with Gasteiger partial charge in [0.2, 0.25) is 0 Å². The van der Waals surface area contributed by atoms with E-state index in [-0.39, 0.29) is 17.8 Å². The Morgan fingerprint density at radius 1 is 0.453 bits per heavy atom. The SMILES string of the molecule is O=C(O)[C@@H](Cc1cncc(CN(Cc2cncc(-c3cncc(C[C@H](C(=O)O)[C@H]4CCNC4)c3)c2)Cc2cncc(-c3cncc(C[C@H](C(=O)O)[C@H]4CCNC4)c3)c2)c1)[C@H]1CCNC1. The summed E-state index contributed by atoms with van der Waals surface area (Å²) in [7, 11) is 0. The van der Waals surface area contributed by atoms with Crippen LogP contribution in [0, 0.1) is 35.5 Å². The van der Waals surface area contributed by atoms with Crippen molar-refractivity contribution in [3.05, 3.63) is 126 Å². The molecule has 3 saturated heterocycles. The largest absolute Gasteiger partial charge is 0.481 e. The standard InChI is InChI=1S/C49H57N9O6/c59-47(60)44(37-1-4-50-21-37)12-31-7-34(18-53-15-31)28-58(29-35-10-42(26-56-19-35)40-8-32(16-54-24-40)13-45(48(61)62)38-2-5-51-22-38)30-36-11-43(27-57-20-36)41-9-33(17-55-25-41)14-46(49(63)64)39-3-6-52-23-39/h7-11,15-20,24-27,37-39,44-46,50-52H,1-6,12-14,21-23,28-30H2,(H,59,60)(H,61,62)(H,63,64)/t37-,38-,39-,44-,45-,46-/m0/s1. The smallest absolute Gasteiger partial charge is 0.307 e. The van der Waals surface area contributed by atoms with Crippen molar-refractivity contribution in [1.29, 1.82) is 0 Å². The van der Waals surface area contributed by atoms with E-state index in [2.05, 4.69) is 64.0 Å². The highest BCUT2D eigenvalue weighted by atomic mass is 16.4. The molecule has 0 saturated carbocycles. The lowest BCUT2D eigenvalue weighted by molar-refractivity contribution is -0.144. The van der Waals surface area contributed by atoms with Gasteiger partial charge in [0.15, 0.2) is 0 Å². The highest BCUT2D eigenvalue weighted by Crippen LogP contribution is 2.30. The molecule has 334 valence electrons. The molecule has 8 rings (SSSR count). The topological polar surface area (TPSA) is 216 Å². The Labute approximate surface area is 373 Å². The Hall–Kier alpha value is -6.00. The van der Waals surface area contributed by atoms with Crippen LogP contribution in [0.25, 0.3) is 22.3 Å². The summed E-state index contributed by atoms with van der Waals surface area (Å²) < 4.78 is 0. The molecule has 6 atom stereocenters. The normalized spacial score (nSPS) is 20.0. The van der Waals surface area contributed by atoms with Gasteiger partial charge in [-0.3, -0.25) is 44.2 Å². The molecule has 0 bridgehead atoms. The van der Waals surface area contributed by atoms with E-state index in [0.717, 1.165) is 94.5 Å². The average Bonchev–Trinajstić information content (AvgIpc) is 4.13. The number of hydrogen-bond acceptors (Lipinski definition) is 12. The number of pyridine rings is 5. The molecule has 0 unspecified atom stereocenters. The van der Waals surface area contributed by atoms with Crippen molar-refractivity contribution in [2.24, 2.45) is 35.5 Å². The number of rotatable bonds is 20. The van der Waals surface area contributed by atoms with Crippen LogP contribution in [-0.4, -0.2) is 102 Å². The maximum absolute atomic E-state index is 12.4. The number of hydrogen-bond donors (Lipinski definition) is 6. The molecule has 6 N–H and O–H groups in total. The van der Waals surface area contributed by atoms with Gasteiger partial charge in [0.25, 0.3) is 0 Å². The summed E-state index contributed by atoms with van der Waals surface area (Å²) in [5, 5.41) is 40.2. The van der Waals surface area contributed by atoms with Gasteiger partial charge in [0, 0.05) is 104 Å². The second-order valence-corrected chi connectivity index (χ2v) is 17.9. The summed E-state index contributed by atoms with van der Waals surface area (Å²) in [5.41, 5.74) is 8.94.